The first-order valence-electron chi connectivity index (χ1n) is 5.97. The third kappa shape index (κ3) is 3.21. The number of halogens is 2. The lowest BCUT2D eigenvalue weighted by molar-refractivity contribution is 0.462. The number of nitrogens with zero attached hydrogens (tertiary/aromatic N) is 1. The van der Waals surface area contributed by atoms with Gasteiger partial charge in [-0.05, 0) is 36.1 Å². The zero-order valence-corrected chi connectivity index (χ0v) is 13.8. The number of sulfonamides is 1. The molecule has 8 heteroatoms. The van der Waals surface area contributed by atoms with Crippen molar-refractivity contribution in [1.29, 1.82) is 0 Å². The molecule has 0 radical (unpaired) electrons. The second-order valence-electron chi connectivity index (χ2n) is 4.60. The maximum Gasteiger partial charge on any atom is 0.246 e. The van der Waals surface area contributed by atoms with Crippen molar-refractivity contribution in [2.75, 3.05) is 12.8 Å². The van der Waals surface area contributed by atoms with Gasteiger partial charge < -0.3 is 5.73 Å². The second-order valence-corrected chi connectivity index (χ2v) is 8.02. The van der Waals surface area contributed by atoms with Crippen molar-refractivity contribution in [3.8, 4) is 0 Å². The Morgan fingerprint density at radius 3 is 2.67 bits per heavy atom. The molecular formula is C13H14ClFN2O2S2. The summed E-state index contributed by atoms with van der Waals surface area (Å²) in [5.74, 6) is -0.986. The minimum absolute atomic E-state index is 0.0979. The number of aryl methyl sites for hydroxylation is 1. The highest BCUT2D eigenvalue weighted by Crippen LogP contribution is 2.29. The molecule has 0 bridgehead atoms. The smallest absolute Gasteiger partial charge is 0.246 e. The minimum Gasteiger partial charge on any atom is -0.399 e. The summed E-state index contributed by atoms with van der Waals surface area (Å²) in [5.41, 5.74) is 6.64. The summed E-state index contributed by atoms with van der Waals surface area (Å²) >= 11 is 7.11. The van der Waals surface area contributed by atoms with Gasteiger partial charge in [-0.2, -0.15) is 4.31 Å². The number of rotatable bonds is 4. The predicted molar refractivity (Wildman–Crippen MR) is 83.5 cm³/mol. The number of nitrogen functional groups attached to an aromatic ring is 1. The van der Waals surface area contributed by atoms with Crippen LogP contribution in [0, 0.1) is 12.7 Å². The first kappa shape index (κ1) is 16.2. The summed E-state index contributed by atoms with van der Waals surface area (Å²) in [6, 6.07) is 4.16. The Morgan fingerprint density at radius 2 is 2.10 bits per heavy atom. The fourth-order valence-corrected chi connectivity index (χ4v) is 4.37. The van der Waals surface area contributed by atoms with Gasteiger partial charge in [0, 0.05) is 24.2 Å². The number of hydrogen-bond acceptors (Lipinski definition) is 4. The quantitative estimate of drug-likeness (QED) is 0.862. The number of benzene rings is 1. The molecule has 114 valence electrons. The Labute approximate surface area is 132 Å². The van der Waals surface area contributed by atoms with E-state index in [0.717, 1.165) is 20.8 Å². The summed E-state index contributed by atoms with van der Waals surface area (Å²) < 4.78 is 40.0. The molecule has 0 saturated heterocycles. The molecule has 2 N–H and O–H groups in total. The van der Waals surface area contributed by atoms with E-state index in [0.29, 0.717) is 0 Å². The number of nitrogens with two attached hydrogens (primary N) is 1. The zero-order valence-electron chi connectivity index (χ0n) is 11.4. The molecule has 0 fully saturated rings. The zero-order chi connectivity index (χ0) is 15.8. The first-order chi connectivity index (χ1) is 9.73. The van der Waals surface area contributed by atoms with E-state index in [9.17, 15) is 12.8 Å². The summed E-state index contributed by atoms with van der Waals surface area (Å²) in [6.45, 7) is 2.06. The molecule has 0 aliphatic rings. The normalized spacial score (nSPS) is 12.0. The van der Waals surface area contributed by atoms with Crippen LogP contribution >= 0.6 is 22.9 Å². The average Bonchev–Trinajstić information content (AvgIpc) is 2.79. The van der Waals surface area contributed by atoms with E-state index < -0.39 is 20.7 Å². The van der Waals surface area contributed by atoms with E-state index in [1.54, 1.807) is 0 Å². The fourth-order valence-electron chi connectivity index (χ4n) is 1.79. The SMILES string of the molecule is Cc1ccsc1CN(C)S(=O)(=O)c1cc(N)cc(Cl)c1F. The van der Waals surface area contributed by atoms with E-state index in [1.807, 2.05) is 18.4 Å². The molecule has 4 nitrogen and oxygen atoms in total. The van der Waals surface area contributed by atoms with Crippen molar-refractivity contribution in [3.63, 3.8) is 0 Å². The van der Waals surface area contributed by atoms with Crippen LogP contribution in [0.15, 0.2) is 28.5 Å². The van der Waals surface area contributed by atoms with E-state index in [4.69, 9.17) is 17.3 Å². The van der Waals surface area contributed by atoms with Crippen LogP contribution in [0.3, 0.4) is 0 Å². The van der Waals surface area contributed by atoms with Crippen LogP contribution < -0.4 is 5.73 Å². The molecule has 0 unspecified atom stereocenters. The van der Waals surface area contributed by atoms with Gasteiger partial charge >= 0.3 is 0 Å². The Bertz CT molecular complexity index is 774. The molecule has 21 heavy (non-hydrogen) atoms. The molecule has 0 atom stereocenters. The Morgan fingerprint density at radius 1 is 1.43 bits per heavy atom. The molecule has 1 heterocycles. The van der Waals surface area contributed by atoms with Gasteiger partial charge in [-0.15, -0.1) is 11.3 Å². The standard InChI is InChI=1S/C13H14ClFN2O2S2/c1-8-3-4-20-11(8)7-17(2)21(18,19)12-6-9(16)5-10(14)13(12)15/h3-6H,7,16H2,1-2H3. The van der Waals surface area contributed by atoms with Crippen LogP contribution in [0.25, 0.3) is 0 Å². The van der Waals surface area contributed by atoms with Crippen molar-refractivity contribution in [1.82, 2.24) is 4.31 Å². The topological polar surface area (TPSA) is 63.4 Å². The van der Waals surface area contributed by atoms with E-state index in [1.165, 1.54) is 24.5 Å². The minimum atomic E-state index is -4.01. The second kappa shape index (κ2) is 5.92. The summed E-state index contributed by atoms with van der Waals surface area (Å²) in [6.07, 6.45) is 0. The summed E-state index contributed by atoms with van der Waals surface area (Å²) in [4.78, 5) is 0.390. The highest BCUT2D eigenvalue weighted by atomic mass is 35.5. The van der Waals surface area contributed by atoms with Crippen molar-refractivity contribution in [2.45, 2.75) is 18.4 Å². The predicted octanol–water partition coefficient (Wildman–Crippen LogP) is 3.25. The molecule has 0 aliphatic carbocycles. The molecule has 0 aliphatic heterocycles. The van der Waals surface area contributed by atoms with Gasteiger partial charge in [0.1, 0.15) is 4.90 Å². The lowest BCUT2D eigenvalue weighted by Gasteiger charge is -2.18. The summed E-state index contributed by atoms with van der Waals surface area (Å²) in [7, 11) is -2.61. The van der Waals surface area contributed by atoms with Gasteiger partial charge in [-0.1, -0.05) is 11.6 Å². The Hall–Kier alpha value is -1.15. The van der Waals surface area contributed by atoms with E-state index in [2.05, 4.69) is 0 Å². The first-order valence-corrected chi connectivity index (χ1v) is 8.67. The van der Waals surface area contributed by atoms with Crippen molar-refractivity contribution in [2.24, 2.45) is 0 Å². The van der Waals surface area contributed by atoms with Crippen LogP contribution in [0.5, 0.6) is 0 Å². The Kier molecular flexibility index (Phi) is 4.57. The van der Waals surface area contributed by atoms with Crippen LogP contribution in [0.2, 0.25) is 5.02 Å². The lowest BCUT2D eigenvalue weighted by atomic mass is 10.3. The Balaban J connectivity index is 2.40. The van der Waals surface area contributed by atoms with Gasteiger partial charge in [0.05, 0.1) is 5.02 Å². The largest absolute Gasteiger partial charge is 0.399 e. The van der Waals surface area contributed by atoms with E-state index >= 15 is 0 Å². The fraction of sp³-hybridized carbons (Fsp3) is 0.231. The summed E-state index contributed by atoms with van der Waals surface area (Å²) in [5, 5.41) is 1.57. The van der Waals surface area contributed by atoms with Crippen molar-refractivity contribution < 1.29 is 12.8 Å². The molecule has 0 amide bonds. The van der Waals surface area contributed by atoms with Crippen LogP contribution in [0.4, 0.5) is 10.1 Å². The molecule has 2 aromatic rings. The highest BCUT2D eigenvalue weighted by molar-refractivity contribution is 7.89. The van der Waals surface area contributed by atoms with Crippen molar-refractivity contribution >= 4 is 38.6 Å². The lowest BCUT2D eigenvalue weighted by Crippen LogP contribution is -2.27. The molecule has 1 aromatic carbocycles. The maximum absolute atomic E-state index is 14.0. The van der Waals surface area contributed by atoms with Crippen LogP contribution in [-0.4, -0.2) is 19.8 Å². The van der Waals surface area contributed by atoms with Gasteiger partial charge in [0.2, 0.25) is 10.0 Å². The van der Waals surface area contributed by atoms with Crippen LogP contribution in [0.1, 0.15) is 10.4 Å². The van der Waals surface area contributed by atoms with Gasteiger partial charge in [-0.25, -0.2) is 12.8 Å². The third-order valence-corrected chi connectivity index (χ3v) is 6.13. The highest BCUT2D eigenvalue weighted by Gasteiger charge is 2.27. The van der Waals surface area contributed by atoms with Gasteiger partial charge in [0.15, 0.2) is 5.82 Å². The third-order valence-electron chi connectivity index (χ3n) is 3.04. The van der Waals surface area contributed by atoms with Crippen LogP contribution in [-0.2, 0) is 16.6 Å². The molecule has 2 rings (SSSR count). The molecular weight excluding hydrogens is 335 g/mol. The monoisotopic (exact) mass is 348 g/mol. The van der Waals surface area contributed by atoms with Crippen molar-refractivity contribution in [3.05, 3.63) is 44.9 Å². The number of anilines is 1. The van der Waals surface area contributed by atoms with Gasteiger partial charge in [-0.3, -0.25) is 0 Å². The van der Waals surface area contributed by atoms with E-state index in [-0.39, 0.29) is 17.3 Å². The maximum atomic E-state index is 14.0. The number of thiophene rings is 1. The average molecular weight is 349 g/mol. The number of hydrogen-bond donors (Lipinski definition) is 1. The van der Waals surface area contributed by atoms with Gasteiger partial charge in [0.25, 0.3) is 0 Å². The molecule has 0 spiro atoms. The molecule has 1 aromatic heterocycles. The molecule has 0 saturated carbocycles.